The maximum atomic E-state index is 7.17. The van der Waals surface area contributed by atoms with Crippen LogP contribution in [-0.4, -0.2) is 39.8 Å². The van der Waals surface area contributed by atoms with Crippen LogP contribution in [0.2, 0.25) is 0 Å². The number of hydrogen-bond acceptors (Lipinski definition) is 3. The van der Waals surface area contributed by atoms with Crippen molar-refractivity contribution in [1.82, 2.24) is 0 Å². The van der Waals surface area contributed by atoms with Gasteiger partial charge in [0, 0.05) is 27.3 Å². The van der Waals surface area contributed by atoms with E-state index in [1.807, 2.05) is 0 Å². The van der Waals surface area contributed by atoms with Crippen LogP contribution in [0.5, 0.6) is 0 Å². The van der Waals surface area contributed by atoms with Gasteiger partial charge in [-0.1, -0.05) is 0 Å². The molecule has 0 heterocycles. The zero-order chi connectivity index (χ0) is 3.58. The van der Waals surface area contributed by atoms with Gasteiger partial charge in [0.15, 0.2) is 17.4 Å². The van der Waals surface area contributed by atoms with E-state index in [1.54, 1.807) is 0 Å². The van der Waals surface area contributed by atoms with Gasteiger partial charge in [0.2, 0.25) is 0 Å². The fourth-order valence-corrected chi connectivity index (χ4v) is 0. The van der Waals surface area contributed by atoms with Crippen molar-refractivity contribution < 1.29 is 42.4 Å². The molecule has 0 bridgehead atoms. The third-order valence-electron chi connectivity index (χ3n) is 0. The Morgan fingerprint density at radius 1 is 1.00 bits per heavy atom. The summed E-state index contributed by atoms with van der Waals surface area (Å²) < 4.78 is 0. The van der Waals surface area contributed by atoms with Gasteiger partial charge in [0.25, 0.3) is 0 Å². The molecule has 0 aliphatic rings. The van der Waals surface area contributed by atoms with Gasteiger partial charge in [-0.2, -0.15) is 0 Å². The topological polar surface area (TPSA) is 60.7 Å². The summed E-state index contributed by atoms with van der Waals surface area (Å²) in [5.41, 5.74) is 0. The van der Waals surface area contributed by atoms with Crippen molar-refractivity contribution >= 4 is 24.7 Å². The minimum atomic E-state index is -2.17. The fourth-order valence-electron chi connectivity index (χ4n) is 0. The van der Waals surface area contributed by atoms with Crippen LogP contribution in [0.15, 0.2) is 0 Å². The summed E-state index contributed by atoms with van der Waals surface area (Å²) >= 11 is 0. The van der Waals surface area contributed by atoms with Crippen LogP contribution in [-0.2, 0) is 27.3 Å². The summed E-state index contributed by atoms with van der Waals surface area (Å²) in [4.78, 5) is 0. The van der Waals surface area contributed by atoms with E-state index in [0.717, 1.165) is 0 Å². The summed E-state index contributed by atoms with van der Waals surface area (Å²) in [6.45, 7) is 0. The van der Waals surface area contributed by atoms with Gasteiger partial charge in [0.1, 0.15) is 0 Å². The van der Waals surface area contributed by atoms with Gasteiger partial charge in [-0.15, -0.1) is 0 Å². The molecule has 0 saturated heterocycles. The summed E-state index contributed by atoms with van der Waals surface area (Å²) in [5, 5.41) is 21.5. The third-order valence-corrected chi connectivity index (χ3v) is 0. The van der Waals surface area contributed by atoms with E-state index in [1.165, 1.54) is 0 Å². The van der Waals surface area contributed by atoms with Crippen molar-refractivity contribution in [2.45, 2.75) is 0 Å². The molecule has 0 amide bonds. The van der Waals surface area contributed by atoms with Gasteiger partial charge < -0.3 is 15.1 Å². The molecule has 0 aromatic rings. The summed E-state index contributed by atoms with van der Waals surface area (Å²) in [5.74, 6) is 0. The molecule has 0 radical (unpaired) electrons. The minimum Gasteiger partial charge on any atom is -0.402 e. The van der Waals surface area contributed by atoms with E-state index in [4.69, 9.17) is 15.1 Å². The van der Waals surface area contributed by atoms with Crippen LogP contribution >= 0.6 is 0 Å². The Morgan fingerprint density at radius 3 is 1.00 bits per heavy atom. The monoisotopic (exact) mass is 206 g/mol. The maximum absolute atomic E-state index is 7.17. The summed E-state index contributed by atoms with van der Waals surface area (Å²) in [6, 6.07) is 0. The van der Waals surface area contributed by atoms with Gasteiger partial charge >= 0.3 is 7.32 Å². The molecular formula is H6AlBCdO3. The minimum absolute atomic E-state index is 0. The Kier molecular flexibility index (Phi) is 25.2. The largest absolute Gasteiger partial charge is 0.631 e. The second-order valence-corrected chi connectivity index (χ2v) is 0.346. The van der Waals surface area contributed by atoms with Crippen molar-refractivity contribution in [1.29, 1.82) is 0 Å². The molecule has 0 aromatic heterocycles. The normalized spacial score (nSPS) is 4.50. The van der Waals surface area contributed by atoms with Gasteiger partial charge in [0.05, 0.1) is 0 Å². The second-order valence-electron chi connectivity index (χ2n) is 0.346. The van der Waals surface area contributed by atoms with Gasteiger partial charge in [-0.25, -0.2) is 0 Å². The maximum Gasteiger partial charge on any atom is 0.631 e. The van der Waals surface area contributed by atoms with E-state index in [9.17, 15) is 0 Å². The van der Waals surface area contributed by atoms with Crippen molar-refractivity contribution in [2.75, 3.05) is 0 Å². The molecule has 0 aliphatic heterocycles. The Morgan fingerprint density at radius 2 is 1.00 bits per heavy atom. The van der Waals surface area contributed by atoms with Crippen LogP contribution in [0.25, 0.3) is 0 Å². The number of rotatable bonds is 0. The standard InChI is InChI=1S/Al.BH3O3.Cd.3H/c;2-1(3)4;;;;/h;2-4H;;;;. The Hall–Kier alpha value is 1.40. The first-order valence-corrected chi connectivity index (χ1v) is 0.775. The van der Waals surface area contributed by atoms with Crippen LogP contribution in [0.4, 0.5) is 0 Å². The predicted octanol–water partition coefficient (Wildman–Crippen LogP) is -3.24. The van der Waals surface area contributed by atoms with Crippen molar-refractivity contribution in [3.05, 3.63) is 0 Å². The summed E-state index contributed by atoms with van der Waals surface area (Å²) in [7, 11) is -2.17. The Bertz CT molecular complexity index is 15.5. The molecule has 0 fully saturated rings. The first kappa shape index (κ1) is 15.7. The van der Waals surface area contributed by atoms with Crippen LogP contribution in [0.3, 0.4) is 0 Å². The molecule has 3 nitrogen and oxygen atoms in total. The molecule has 0 unspecified atom stereocenters. The first-order chi connectivity index (χ1) is 1.73. The molecule has 0 atom stereocenters. The van der Waals surface area contributed by atoms with Crippen LogP contribution < -0.4 is 0 Å². The molecular weight excluding hydrogens is 198 g/mol. The zero-order valence-electron chi connectivity index (χ0n) is 2.63. The molecule has 3 N–H and O–H groups in total. The van der Waals surface area contributed by atoms with Crippen molar-refractivity contribution in [2.24, 2.45) is 0 Å². The van der Waals surface area contributed by atoms with Crippen LogP contribution in [0.1, 0.15) is 0 Å². The summed E-state index contributed by atoms with van der Waals surface area (Å²) in [6.07, 6.45) is 0. The molecule has 0 rings (SSSR count). The van der Waals surface area contributed by atoms with Crippen molar-refractivity contribution in [3.8, 4) is 0 Å². The molecule has 0 saturated carbocycles. The zero-order valence-corrected chi connectivity index (χ0v) is 6.66. The van der Waals surface area contributed by atoms with Gasteiger partial charge in [-0.3, -0.25) is 0 Å². The molecule has 0 spiro atoms. The molecule has 0 aromatic carbocycles. The fraction of sp³-hybridized carbons (Fsp3) is 0. The van der Waals surface area contributed by atoms with E-state index >= 15 is 0 Å². The van der Waals surface area contributed by atoms with E-state index in [-0.39, 0.29) is 44.7 Å². The second kappa shape index (κ2) is 9.64. The average Bonchev–Trinajstić information content (AvgIpc) is 0.811. The smallest absolute Gasteiger partial charge is 0.402 e. The Balaban J connectivity index is -0.0000000450. The average molecular weight is 204 g/mol. The van der Waals surface area contributed by atoms with E-state index < -0.39 is 7.32 Å². The first-order valence-electron chi connectivity index (χ1n) is 0.775. The Labute approximate surface area is 66.8 Å². The van der Waals surface area contributed by atoms with Crippen LogP contribution in [0, 0.1) is 0 Å². The molecule has 32 valence electrons. The quantitative estimate of drug-likeness (QED) is 0.363. The molecule has 0 aliphatic carbocycles. The number of hydrogen-bond donors (Lipinski definition) is 3. The van der Waals surface area contributed by atoms with E-state index in [2.05, 4.69) is 0 Å². The van der Waals surface area contributed by atoms with Crippen molar-refractivity contribution in [3.63, 3.8) is 0 Å². The SMILES string of the molecule is OB(O)O.[AlH3].[Cd]. The molecule has 6 heteroatoms. The van der Waals surface area contributed by atoms with E-state index in [0.29, 0.717) is 0 Å². The van der Waals surface area contributed by atoms with Gasteiger partial charge in [-0.05, 0) is 0 Å². The third kappa shape index (κ3) is 53.4. The molecule has 6 heavy (non-hydrogen) atoms. The predicted molar refractivity (Wildman–Crippen MR) is 22.3 cm³/mol.